The molecule has 11 atom stereocenters. The number of likely N-dealkylation sites (tertiary alicyclic amines) is 1. The molecule has 0 spiro atoms. The van der Waals surface area contributed by atoms with E-state index in [1.54, 1.807) is 12.1 Å². The molecule has 7 nitrogen and oxygen atoms in total. The van der Waals surface area contributed by atoms with Crippen molar-refractivity contribution in [2.75, 3.05) is 25.4 Å². The summed E-state index contributed by atoms with van der Waals surface area (Å²) in [4.78, 5) is 18.1. The molecule has 1 aromatic rings. The minimum atomic E-state index is -3.21. The van der Waals surface area contributed by atoms with Crippen LogP contribution >= 0.6 is 0 Å². The van der Waals surface area contributed by atoms with Crippen molar-refractivity contribution >= 4 is 21.4 Å². The van der Waals surface area contributed by atoms with Crippen LogP contribution in [-0.4, -0.2) is 65.7 Å². The van der Waals surface area contributed by atoms with Crippen LogP contribution in [0.2, 0.25) is 0 Å². The monoisotopic (exact) mass is 742 g/mol. The third-order valence-corrected chi connectivity index (χ3v) is 20.7. The van der Waals surface area contributed by atoms with Gasteiger partial charge in [0.05, 0.1) is 16.7 Å². The van der Waals surface area contributed by atoms with E-state index in [1.807, 2.05) is 19.1 Å². The number of nitrogens with zero attached hydrogens (tertiary/aromatic N) is 2. The van der Waals surface area contributed by atoms with Gasteiger partial charge in [0.2, 0.25) is 0 Å². The number of carboxylic acids is 1. The van der Waals surface area contributed by atoms with Crippen molar-refractivity contribution in [2.45, 2.75) is 129 Å². The number of carboxylic acid groups (broad SMARTS) is 1. The largest absolute Gasteiger partial charge is 0.478 e. The van der Waals surface area contributed by atoms with E-state index in [-0.39, 0.29) is 33.0 Å². The summed E-state index contributed by atoms with van der Waals surface area (Å²) >= 11 is 0. The third kappa shape index (κ3) is 4.94. The van der Waals surface area contributed by atoms with Crippen LogP contribution in [0.25, 0.3) is 10.4 Å². The first-order valence-electron chi connectivity index (χ1n) is 20.6. The molecule has 8 heteroatoms. The van der Waals surface area contributed by atoms with Crippen molar-refractivity contribution in [2.24, 2.45) is 51.2 Å². The van der Waals surface area contributed by atoms with E-state index in [1.165, 1.54) is 68.1 Å². The van der Waals surface area contributed by atoms with E-state index in [4.69, 9.17) is 6.57 Å². The highest BCUT2D eigenvalue weighted by atomic mass is 32.2. The average molecular weight is 743 g/mol. The summed E-state index contributed by atoms with van der Waals surface area (Å²) in [5.74, 6) is 2.06. The summed E-state index contributed by atoms with van der Waals surface area (Å²) in [6, 6.07) is 7.56. The molecule has 1 aromatic carbocycles. The highest BCUT2D eigenvalue weighted by Gasteiger charge is 2.73. The van der Waals surface area contributed by atoms with E-state index in [2.05, 4.69) is 69.3 Å². The van der Waals surface area contributed by atoms with Gasteiger partial charge >= 0.3 is 11.6 Å². The maximum atomic E-state index is 13.0. The van der Waals surface area contributed by atoms with E-state index in [0.29, 0.717) is 48.1 Å². The molecular formula is C45H64N3O4S+. The minimum absolute atomic E-state index is 0.00876. The molecule has 0 amide bonds. The molecule has 7 aliphatic rings. The van der Waals surface area contributed by atoms with Gasteiger partial charge in [0.1, 0.15) is 5.75 Å². The molecule has 53 heavy (non-hydrogen) atoms. The Labute approximate surface area is 319 Å². The maximum absolute atomic E-state index is 13.0. The Morgan fingerprint density at radius 3 is 2.34 bits per heavy atom. The van der Waals surface area contributed by atoms with Crippen LogP contribution in [-0.2, 0) is 9.84 Å². The Morgan fingerprint density at radius 2 is 1.70 bits per heavy atom. The number of carbonyl (C=O) groups is 1. The van der Waals surface area contributed by atoms with Gasteiger partial charge in [0.15, 0.2) is 9.84 Å². The average Bonchev–Trinajstić information content (AvgIpc) is 3.68. The van der Waals surface area contributed by atoms with Gasteiger partial charge in [0, 0.05) is 25.2 Å². The third-order valence-electron chi connectivity index (χ3n) is 18.1. The summed E-state index contributed by atoms with van der Waals surface area (Å²) in [6.45, 7) is 29.7. The van der Waals surface area contributed by atoms with E-state index in [0.717, 1.165) is 19.5 Å². The van der Waals surface area contributed by atoms with Crippen LogP contribution in [0.1, 0.15) is 129 Å². The molecule has 4 saturated carbocycles. The number of rotatable bonds is 7. The van der Waals surface area contributed by atoms with Gasteiger partial charge in [-0.15, -0.1) is 0 Å². The molecule has 2 bridgehead atoms. The molecule has 288 valence electrons. The van der Waals surface area contributed by atoms with Gasteiger partial charge in [0.25, 0.3) is 6.57 Å². The molecule has 0 aromatic heterocycles. The summed E-state index contributed by atoms with van der Waals surface area (Å²) in [5.41, 5.74) is 4.18. The lowest BCUT2D eigenvalue weighted by Crippen LogP contribution is -2.68. The summed E-state index contributed by atoms with van der Waals surface area (Å²) in [5, 5.41) is 13.7. The van der Waals surface area contributed by atoms with Crippen molar-refractivity contribution in [1.29, 1.82) is 0 Å². The smallest absolute Gasteiger partial charge is 0.352 e. The van der Waals surface area contributed by atoms with Gasteiger partial charge in [-0.2, -0.15) is 0 Å². The number of fused-ring (bicyclic) bond motifs is 9. The Hall–Kier alpha value is -2.47. The predicted molar refractivity (Wildman–Crippen MR) is 213 cm³/mol. The van der Waals surface area contributed by atoms with Gasteiger partial charge in [-0.3, -0.25) is 0 Å². The zero-order valence-electron chi connectivity index (χ0n) is 33.4. The van der Waals surface area contributed by atoms with E-state index >= 15 is 0 Å². The second-order valence-corrected chi connectivity index (χ2v) is 23.1. The minimum Gasteiger partial charge on any atom is -0.478 e. The Bertz CT molecular complexity index is 1910. The van der Waals surface area contributed by atoms with Crippen LogP contribution < -0.4 is 5.32 Å². The highest BCUT2D eigenvalue weighted by Crippen LogP contribution is 2.76. The Morgan fingerprint density at radius 1 is 0.981 bits per heavy atom. The number of hydrogen-bond acceptors (Lipinski definition) is 5. The lowest BCUT2D eigenvalue weighted by molar-refractivity contribution is -0.219. The van der Waals surface area contributed by atoms with Crippen LogP contribution in [0.3, 0.4) is 0 Å². The Kier molecular flexibility index (Phi) is 8.32. The number of hydrogen-bond donors (Lipinski definition) is 2. The number of aromatic carboxylic acids is 1. The first-order valence-corrected chi connectivity index (χ1v) is 22.2. The quantitative estimate of drug-likeness (QED) is 0.271. The predicted octanol–water partition coefficient (Wildman–Crippen LogP) is 8.93. The first-order chi connectivity index (χ1) is 24.7. The summed E-state index contributed by atoms with van der Waals surface area (Å²) in [7, 11) is -3.21. The van der Waals surface area contributed by atoms with Gasteiger partial charge in [-0.05, 0) is 146 Å². The standard InChI is InChI=1S/C45H63N3O4S/c1-29(2)32-16-21-44(47-24-25-48-27-40(5)26-45(48,46-9)28-53(40,51)52)23-22-42(7)34(37(32)44)14-15-36-41(6)19-17-33(30-10-12-31(13-11-30)38(49)50)39(3,4)35(41)18-20-43(36,42)8/h9-13,17,32,34-37,47H,1,14-16,18-28H2,2-8H3/p+1/t32-,34+,35?,36?,37?,40-,41-,42+,43+,44-,45-/m0/s1. The fourth-order valence-corrected chi connectivity index (χ4v) is 17.5. The van der Waals surface area contributed by atoms with Crippen molar-refractivity contribution < 1.29 is 18.3 Å². The molecule has 3 unspecified atom stereocenters. The van der Waals surface area contributed by atoms with Gasteiger partial charge in [-0.25, -0.2) is 18.1 Å². The Balaban J connectivity index is 1.05. The van der Waals surface area contributed by atoms with Gasteiger partial charge in [-0.1, -0.05) is 69.8 Å². The molecule has 2 heterocycles. The lowest BCUT2D eigenvalue weighted by Gasteiger charge is -2.72. The van der Waals surface area contributed by atoms with Crippen molar-refractivity contribution in [1.82, 2.24) is 10.2 Å². The van der Waals surface area contributed by atoms with Crippen LogP contribution in [0.15, 0.2) is 42.5 Å². The van der Waals surface area contributed by atoms with Gasteiger partial charge < -0.3 is 10.4 Å². The van der Waals surface area contributed by atoms with Crippen LogP contribution in [0, 0.1) is 57.8 Å². The fraction of sp³-hybridized carbons (Fsp3) is 0.733. The zero-order valence-corrected chi connectivity index (χ0v) is 34.2. The molecule has 5 aliphatic carbocycles. The van der Waals surface area contributed by atoms with E-state index < -0.39 is 26.2 Å². The van der Waals surface area contributed by atoms with Crippen LogP contribution in [0.4, 0.5) is 0 Å². The summed E-state index contributed by atoms with van der Waals surface area (Å²) < 4.78 is 25.2. The van der Waals surface area contributed by atoms with Crippen molar-refractivity contribution in [3.8, 4) is 6.57 Å². The maximum Gasteiger partial charge on any atom is 0.352 e. The first kappa shape index (κ1) is 37.5. The zero-order chi connectivity index (χ0) is 38.2. The molecule has 2 saturated heterocycles. The molecule has 2 aliphatic heterocycles. The number of allylic oxidation sites excluding steroid dienone is 3. The SMILES string of the molecule is C#[N+][C@@]12C[C@@](C)(CN1CCN[C@]13CC[C@@H](C(=C)C)C1[C@H]1CCC4[C@@]5(C)CC=C(c6ccc(C(=O)O)cc6)C(C)(C)C5CC[C@@]4(C)[C@]1(C)CC3)S(=O)(=O)C2. The second kappa shape index (κ2) is 11.8. The molecule has 0 radical (unpaired) electrons. The second-order valence-electron chi connectivity index (χ2n) is 20.6. The van der Waals surface area contributed by atoms with E-state index in [9.17, 15) is 18.3 Å². The fourth-order valence-electron chi connectivity index (χ4n) is 15.4. The molecule has 2 N–H and O–H groups in total. The number of nitrogens with one attached hydrogen (secondary N) is 1. The van der Waals surface area contributed by atoms with Crippen molar-refractivity contribution in [3.05, 3.63) is 58.5 Å². The molecule has 6 fully saturated rings. The molecular weight excluding hydrogens is 679 g/mol. The normalized spacial score (nSPS) is 46.3. The number of benzene rings is 1. The summed E-state index contributed by atoms with van der Waals surface area (Å²) in [6.07, 6.45) is 13.9. The lowest BCUT2D eigenvalue weighted by atomic mass is 9.33. The highest BCUT2D eigenvalue weighted by molar-refractivity contribution is 7.93. The van der Waals surface area contributed by atoms with Crippen molar-refractivity contribution in [3.63, 3.8) is 0 Å². The number of sulfone groups is 1. The topological polar surface area (TPSA) is 91.1 Å². The van der Waals surface area contributed by atoms with Crippen LogP contribution in [0.5, 0.6) is 0 Å². The molecule has 8 rings (SSSR count).